The van der Waals surface area contributed by atoms with Gasteiger partial charge in [-0.05, 0) is 45.0 Å². The Morgan fingerprint density at radius 2 is 1.77 bits per heavy atom. The number of sulfonamides is 1. The topological polar surface area (TPSA) is 84.5 Å². The maximum atomic E-state index is 12.4. The van der Waals surface area contributed by atoms with E-state index in [1.54, 1.807) is 46.1 Å². The maximum Gasteiger partial charge on any atom is 0.241 e. The van der Waals surface area contributed by atoms with Gasteiger partial charge in [0.1, 0.15) is 5.75 Å². The summed E-state index contributed by atoms with van der Waals surface area (Å²) in [5.41, 5.74) is 0.578. The number of hydrogen-bond donors (Lipinski definition) is 2. The summed E-state index contributed by atoms with van der Waals surface area (Å²) >= 11 is 0. The first-order valence-corrected chi connectivity index (χ1v) is 9.65. The molecule has 0 saturated carbocycles. The molecule has 0 heterocycles. The molecule has 0 atom stereocenters. The van der Waals surface area contributed by atoms with Gasteiger partial charge in [-0.2, -0.15) is 0 Å². The molecular weight excluding hydrogens is 352 g/mol. The average molecular weight is 376 g/mol. The SMILES string of the molecule is COc1ccccc1CC(=O)Nc1cccc(S(=O)(=O)NC(C)(C)C)c1. The third kappa shape index (κ3) is 5.57. The molecule has 0 fully saturated rings. The van der Waals surface area contributed by atoms with Gasteiger partial charge in [-0.25, -0.2) is 13.1 Å². The van der Waals surface area contributed by atoms with E-state index in [1.165, 1.54) is 12.1 Å². The molecule has 2 aromatic carbocycles. The van der Waals surface area contributed by atoms with E-state index >= 15 is 0 Å². The van der Waals surface area contributed by atoms with E-state index in [0.29, 0.717) is 11.4 Å². The van der Waals surface area contributed by atoms with E-state index < -0.39 is 15.6 Å². The van der Waals surface area contributed by atoms with Crippen molar-refractivity contribution < 1.29 is 17.9 Å². The number of anilines is 1. The largest absolute Gasteiger partial charge is 0.496 e. The minimum absolute atomic E-state index is 0.0996. The van der Waals surface area contributed by atoms with Gasteiger partial charge in [-0.1, -0.05) is 24.3 Å². The summed E-state index contributed by atoms with van der Waals surface area (Å²) in [5, 5.41) is 2.73. The zero-order chi connectivity index (χ0) is 19.4. The van der Waals surface area contributed by atoms with Crippen LogP contribution in [0.3, 0.4) is 0 Å². The Hall–Kier alpha value is -2.38. The second kappa shape index (κ2) is 7.88. The molecule has 0 saturated heterocycles. The molecule has 2 rings (SSSR count). The number of methoxy groups -OCH3 is 1. The Balaban J connectivity index is 2.14. The van der Waals surface area contributed by atoms with Gasteiger partial charge in [0.25, 0.3) is 0 Å². The van der Waals surface area contributed by atoms with Crippen molar-refractivity contribution in [3.8, 4) is 5.75 Å². The van der Waals surface area contributed by atoms with Crippen molar-refractivity contribution in [3.05, 3.63) is 54.1 Å². The van der Waals surface area contributed by atoms with E-state index in [1.807, 2.05) is 18.2 Å². The van der Waals surface area contributed by atoms with Gasteiger partial charge < -0.3 is 10.1 Å². The predicted molar refractivity (Wildman–Crippen MR) is 102 cm³/mol. The average Bonchev–Trinajstić information content (AvgIpc) is 2.53. The lowest BCUT2D eigenvalue weighted by atomic mass is 10.1. The Bertz CT molecular complexity index is 886. The monoisotopic (exact) mass is 376 g/mol. The van der Waals surface area contributed by atoms with Crippen LogP contribution in [0, 0.1) is 0 Å². The van der Waals surface area contributed by atoms with Crippen molar-refractivity contribution in [3.63, 3.8) is 0 Å². The molecule has 0 aliphatic rings. The normalized spacial score (nSPS) is 11.8. The summed E-state index contributed by atoms with van der Waals surface area (Å²) < 4.78 is 32.7. The molecular formula is C19H24N2O4S. The molecule has 0 bridgehead atoms. The van der Waals surface area contributed by atoms with Crippen LogP contribution >= 0.6 is 0 Å². The minimum Gasteiger partial charge on any atom is -0.496 e. The number of amides is 1. The molecule has 0 aliphatic carbocycles. The number of ether oxygens (including phenoxy) is 1. The van der Waals surface area contributed by atoms with Crippen LogP contribution in [0.2, 0.25) is 0 Å². The van der Waals surface area contributed by atoms with Crippen molar-refractivity contribution in [1.29, 1.82) is 0 Å². The lowest BCUT2D eigenvalue weighted by Gasteiger charge is -2.20. The molecule has 2 N–H and O–H groups in total. The number of carbonyl (C=O) groups is 1. The van der Waals surface area contributed by atoms with E-state index in [0.717, 1.165) is 5.56 Å². The van der Waals surface area contributed by atoms with E-state index in [2.05, 4.69) is 10.0 Å². The summed E-state index contributed by atoms with van der Waals surface area (Å²) in [7, 11) is -2.12. The van der Waals surface area contributed by atoms with E-state index in [9.17, 15) is 13.2 Å². The van der Waals surface area contributed by atoms with Gasteiger partial charge in [0.2, 0.25) is 15.9 Å². The van der Waals surface area contributed by atoms with Gasteiger partial charge >= 0.3 is 0 Å². The lowest BCUT2D eigenvalue weighted by molar-refractivity contribution is -0.115. The number of para-hydroxylation sites is 1. The molecule has 0 aromatic heterocycles. The van der Waals surface area contributed by atoms with Crippen LogP contribution in [0.25, 0.3) is 0 Å². The highest BCUT2D eigenvalue weighted by molar-refractivity contribution is 7.89. The second-order valence-corrected chi connectivity index (χ2v) is 8.60. The van der Waals surface area contributed by atoms with Crippen molar-refractivity contribution in [2.45, 2.75) is 37.6 Å². The van der Waals surface area contributed by atoms with Crippen molar-refractivity contribution >= 4 is 21.6 Å². The number of rotatable bonds is 6. The summed E-state index contributed by atoms with van der Waals surface area (Å²) in [6, 6.07) is 13.4. The Labute approximate surface area is 154 Å². The first-order valence-electron chi connectivity index (χ1n) is 8.16. The molecule has 0 radical (unpaired) electrons. The van der Waals surface area contributed by atoms with Crippen LogP contribution in [0.1, 0.15) is 26.3 Å². The van der Waals surface area contributed by atoms with Gasteiger partial charge in [0.15, 0.2) is 0 Å². The van der Waals surface area contributed by atoms with Crippen molar-refractivity contribution in [2.75, 3.05) is 12.4 Å². The fourth-order valence-electron chi connectivity index (χ4n) is 2.43. The third-order valence-electron chi connectivity index (χ3n) is 3.41. The zero-order valence-electron chi connectivity index (χ0n) is 15.4. The van der Waals surface area contributed by atoms with Crippen LogP contribution < -0.4 is 14.8 Å². The van der Waals surface area contributed by atoms with Crippen LogP contribution in [0.5, 0.6) is 5.75 Å². The van der Waals surface area contributed by atoms with E-state index in [-0.39, 0.29) is 17.2 Å². The molecule has 1 amide bonds. The second-order valence-electron chi connectivity index (χ2n) is 6.92. The molecule has 0 aliphatic heterocycles. The van der Waals surface area contributed by atoms with Crippen LogP contribution in [-0.4, -0.2) is 27.0 Å². The third-order valence-corrected chi connectivity index (χ3v) is 5.17. The number of benzene rings is 2. The molecule has 26 heavy (non-hydrogen) atoms. The molecule has 6 nitrogen and oxygen atoms in total. The Morgan fingerprint density at radius 3 is 2.42 bits per heavy atom. The van der Waals surface area contributed by atoms with Crippen LogP contribution in [0.15, 0.2) is 53.4 Å². The predicted octanol–water partition coefficient (Wildman–Crippen LogP) is 2.95. The molecule has 0 unspecified atom stereocenters. The smallest absolute Gasteiger partial charge is 0.241 e. The summed E-state index contributed by atoms with van der Waals surface area (Å²) in [4.78, 5) is 12.4. The minimum atomic E-state index is -3.67. The van der Waals surface area contributed by atoms with E-state index in [4.69, 9.17) is 4.74 Å². The zero-order valence-corrected chi connectivity index (χ0v) is 16.2. The molecule has 0 spiro atoms. The number of nitrogens with one attached hydrogen (secondary N) is 2. The highest BCUT2D eigenvalue weighted by Gasteiger charge is 2.22. The van der Waals surface area contributed by atoms with Gasteiger partial charge in [-0.15, -0.1) is 0 Å². The first kappa shape index (κ1) is 19.9. The van der Waals surface area contributed by atoms with Crippen molar-refractivity contribution in [1.82, 2.24) is 4.72 Å². The van der Waals surface area contributed by atoms with Crippen molar-refractivity contribution in [2.24, 2.45) is 0 Å². The fraction of sp³-hybridized carbons (Fsp3) is 0.316. The number of hydrogen-bond acceptors (Lipinski definition) is 4. The Morgan fingerprint density at radius 1 is 1.08 bits per heavy atom. The highest BCUT2D eigenvalue weighted by atomic mass is 32.2. The van der Waals surface area contributed by atoms with Gasteiger partial charge in [-0.3, -0.25) is 4.79 Å². The lowest BCUT2D eigenvalue weighted by Crippen LogP contribution is -2.40. The molecule has 140 valence electrons. The number of carbonyl (C=O) groups excluding carboxylic acids is 1. The maximum absolute atomic E-state index is 12.4. The Kier molecular flexibility index (Phi) is 6.05. The summed E-state index contributed by atoms with van der Waals surface area (Å²) in [6.07, 6.45) is 0.126. The first-order chi connectivity index (χ1) is 12.1. The van der Waals surface area contributed by atoms with Gasteiger partial charge in [0, 0.05) is 16.8 Å². The standard InChI is InChI=1S/C19H24N2O4S/c1-19(2,3)21-26(23,24)16-10-7-9-15(13-16)20-18(22)12-14-8-5-6-11-17(14)25-4/h5-11,13,21H,12H2,1-4H3,(H,20,22). The summed E-state index contributed by atoms with van der Waals surface area (Å²) in [6.45, 7) is 5.30. The molecule has 2 aromatic rings. The fourth-order valence-corrected chi connectivity index (χ4v) is 3.89. The quantitative estimate of drug-likeness (QED) is 0.812. The molecule has 7 heteroatoms. The van der Waals surface area contributed by atoms with Crippen LogP contribution in [0.4, 0.5) is 5.69 Å². The van der Waals surface area contributed by atoms with Gasteiger partial charge in [0.05, 0.1) is 18.4 Å². The van der Waals surface area contributed by atoms with Crippen LogP contribution in [-0.2, 0) is 21.2 Å². The summed E-state index contributed by atoms with van der Waals surface area (Å²) in [5.74, 6) is 0.376. The highest BCUT2D eigenvalue weighted by Crippen LogP contribution is 2.20.